The number of aryl methyl sites for hydroxylation is 1. The quantitative estimate of drug-likeness (QED) is 0.345. The monoisotopic (exact) mass is 495 g/mol. The first-order valence-electron chi connectivity index (χ1n) is 11.0. The lowest BCUT2D eigenvalue weighted by atomic mass is 10.0. The van der Waals surface area contributed by atoms with E-state index in [1.165, 1.54) is 48.9 Å². The third kappa shape index (κ3) is 5.00. The van der Waals surface area contributed by atoms with Crippen LogP contribution in [0.5, 0.6) is 11.5 Å². The van der Waals surface area contributed by atoms with Gasteiger partial charge < -0.3 is 14.2 Å². The fourth-order valence-electron chi connectivity index (χ4n) is 3.98. The van der Waals surface area contributed by atoms with Crippen molar-refractivity contribution in [3.8, 4) is 11.5 Å². The van der Waals surface area contributed by atoms with E-state index in [9.17, 15) is 18.0 Å². The number of ether oxygens (including phenoxy) is 3. The molecule has 0 saturated carbocycles. The predicted molar refractivity (Wildman–Crippen MR) is 130 cm³/mol. The molecule has 0 spiro atoms. The molecular formula is C26H25NO7S. The molecule has 4 rings (SSSR count). The van der Waals surface area contributed by atoms with Crippen molar-refractivity contribution in [2.24, 2.45) is 0 Å². The Labute approximate surface area is 204 Å². The highest BCUT2D eigenvalue weighted by molar-refractivity contribution is 7.92. The van der Waals surface area contributed by atoms with Gasteiger partial charge in [0.05, 0.1) is 35.9 Å². The first-order valence-corrected chi connectivity index (χ1v) is 12.4. The van der Waals surface area contributed by atoms with E-state index in [0.29, 0.717) is 30.2 Å². The van der Waals surface area contributed by atoms with Gasteiger partial charge in [-0.1, -0.05) is 24.3 Å². The van der Waals surface area contributed by atoms with Crippen LogP contribution in [-0.4, -0.2) is 47.5 Å². The zero-order valence-electron chi connectivity index (χ0n) is 19.4. The second-order valence-electron chi connectivity index (χ2n) is 7.90. The molecule has 0 fully saturated rings. The Morgan fingerprint density at radius 3 is 2.51 bits per heavy atom. The molecule has 1 aliphatic rings. The maximum atomic E-state index is 13.4. The normalized spacial score (nSPS) is 13.0. The Hall–Kier alpha value is -3.85. The molecular weight excluding hydrogens is 470 g/mol. The van der Waals surface area contributed by atoms with Gasteiger partial charge in [-0.3, -0.25) is 9.10 Å². The SMILES string of the molecule is COc1ccc(C(=O)COC(=O)c2cccc(S(=O)(=O)N3CCCc4ccccc43)c2)c(OC)c1. The minimum Gasteiger partial charge on any atom is -0.497 e. The van der Waals surface area contributed by atoms with Crippen LogP contribution in [-0.2, 0) is 21.2 Å². The van der Waals surface area contributed by atoms with Crippen molar-refractivity contribution in [3.63, 3.8) is 0 Å². The first kappa shape index (κ1) is 24.3. The Balaban J connectivity index is 1.51. The molecule has 0 aromatic heterocycles. The van der Waals surface area contributed by atoms with E-state index >= 15 is 0 Å². The van der Waals surface area contributed by atoms with Crippen LogP contribution in [0.15, 0.2) is 71.6 Å². The number of sulfonamides is 1. The number of carbonyl (C=O) groups is 2. The standard InChI is InChI=1S/C26H25NO7S/c1-32-20-12-13-22(25(16-20)33-2)24(28)17-34-26(29)19-8-5-10-21(15-19)35(30,31)27-14-6-9-18-7-3-4-11-23(18)27/h3-5,7-8,10-13,15-16H,6,9,14,17H2,1-2H3. The molecule has 0 unspecified atom stereocenters. The molecule has 3 aromatic rings. The number of ketones is 1. The van der Waals surface area contributed by atoms with Gasteiger partial charge in [-0.2, -0.15) is 0 Å². The summed E-state index contributed by atoms with van der Waals surface area (Å²) in [6.07, 6.45) is 1.51. The fourth-order valence-corrected chi connectivity index (χ4v) is 5.57. The molecule has 1 aliphatic heterocycles. The number of Topliss-reactive ketones (excluding diaryl/α,β-unsaturated/α-hetero) is 1. The van der Waals surface area contributed by atoms with Crippen LogP contribution in [0.1, 0.15) is 32.7 Å². The van der Waals surface area contributed by atoms with Crippen LogP contribution >= 0.6 is 0 Å². The summed E-state index contributed by atoms with van der Waals surface area (Å²) in [4.78, 5) is 25.2. The molecule has 182 valence electrons. The summed E-state index contributed by atoms with van der Waals surface area (Å²) in [7, 11) is -0.974. The highest BCUT2D eigenvalue weighted by atomic mass is 32.2. The summed E-state index contributed by atoms with van der Waals surface area (Å²) in [5.41, 5.74) is 1.88. The van der Waals surface area contributed by atoms with E-state index in [1.54, 1.807) is 24.3 Å². The number of anilines is 1. The third-order valence-corrected chi connectivity index (χ3v) is 7.58. The lowest BCUT2D eigenvalue weighted by molar-refractivity contribution is 0.0473. The van der Waals surface area contributed by atoms with Gasteiger partial charge in [-0.25, -0.2) is 13.2 Å². The van der Waals surface area contributed by atoms with Gasteiger partial charge in [-0.05, 0) is 54.8 Å². The van der Waals surface area contributed by atoms with Crippen molar-refractivity contribution < 1.29 is 32.2 Å². The summed E-state index contributed by atoms with van der Waals surface area (Å²) in [5, 5.41) is 0. The van der Waals surface area contributed by atoms with Gasteiger partial charge in [-0.15, -0.1) is 0 Å². The van der Waals surface area contributed by atoms with E-state index in [1.807, 2.05) is 12.1 Å². The molecule has 0 amide bonds. The molecule has 0 radical (unpaired) electrons. The topological polar surface area (TPSA) is 99.2 Å². The number of para-hydroxylation sites is 1. The third-order valence-electron chi connectivity index (χ3n) is 5.77. The highest BCUT2D eigenvalue weighted by Crippen LogP contribution is 2.32. The smallest absolute Gasteiger partial charge is 0.338 e. The lowest BCUT2D eigenvalue weighted by Crippen LogP contribution is -2.35. The van der Waals surface area contributed by atoms with Crippen molar-refractivity contribution in [3.05, 3.63) is 83.4 Å². The van der Waals surface area contributed by atoms with E-state index in [0.717, 1.165) is 12.0 Å². The minimum atomic E-state index is -3.89. The number of hydrogen-bond acceptors (Lipinski definition) is 7. The maximum absolute atomic E-state index is 13.4. The van der Waals surface area contributed by atoms with E-state index in [2.05, 4.69) is 0 Å². The zero-order chi connectivity index (χ0) is 25.0. The summed E-state index contributed by atoms with van der Waals surface area (Å²) < 4.78 is 43.7. The van der Waals surface area contributed by atoms with E-state index < -0.39 is 28.4 Å². The van der Waals surface area contributed by atoms with Crippen LogP contribution in [0.25, 0.3) is 0 Å². The average Bonchev–Trinajstić information content (AvgIpc) is 2.90. The minimum absolute atomic E-state index is 0.0215. The van der Waals surface area contributed by atoms with Crippen molar-refractivity contribution >= 4 is 27.5 Å². The molecule has 3 aromatic carbocycles. The molecule has 0 atom stereocenters. The summed E-state index contributed by atoms with van der Waals surface area (Å²) in [6.45, 7) is -0.176. The number of nitrogens with zero attached hydrogens (tertiary/aromatic N) is 1. The van der Waals surface area contributed by atoms with Gasteiger partial charge in [0, 0.05) is 12.6 Å². The molecule has 0 saturated heterocycles. The molecule has 0 N–H and O–H groups in total. The summed E-state index contributed by atoms with van der Waals surface area (Å²) in [5.74, 6) is -0.460. The Morgan fingerprint density at radius 2 is 1.74 bits per heavy atom. The van der Waals surface area contributed by atoms with Crippen molar-refractivity contribution in [2.75, 3.05) is 31.7 Å². The molecule has 8 nitrogen and oxygen atoms in total. The van der Waals surface area contributed by atoms with Crippen LogP contribution in [0.2, 0.25) is 0 Å². The molecule has 35 heavy (non-hydrogen) atoms. The lowest BCUT2D eigenvalue weighted by Gasteiger charge is -2.30. The van der Waals surface area contributed by atoms with Gasteiger partial charge in [0.1, 0.15) is 11.5 Å². The maximum Gasteiger partial charge on any atom is 0.338 e. The number of rotatable bonds is 8. The Bertz CT molecular complexity index is 1370. The zero-order valence-corrected chi connectivity index (χ0v) is 20.2. The number of esters is 1. The average molecular weight is 496 g/mol. The molecule has 1 heterocycles. The van der Waals surface area contributed by atoms with Gasteiger partial charge in [0.25, 0.3) is 10.0 Å². The second kappa shape index (κ2) is 10.2. The summed E-state index contributed by atoms with van der Waals surface area (Å²) in [6, 6.07) is 17.7. The molecule has 9 heteroatoms. The molecule has 0 bridgehead atoms. The Kier molecular flexibility index (Phi) is 7.07. The van der Waals surface area contributed by atoms with Gasteiger partial charge in [0.15, 0.2) is 6.61 Å². The van der Waals surface area contributed by atoms with Crippen molar-refractivity contribution in [1.29, 1.82) is 0 Å². The number of benzene rings is 3. The van der Waals surface area contributed by atoms with E-state index in [4.69, 9.17) is 14.2 Å². The fraction of sp³-hybridized carbons (Fsp3) is 0.231. The number of hydrogen-bond donors (Lipinski definition) is 0. The van der Waals surface area contributed by atoms with Crippen molar-refractivity contribution in [2.45, 2.75) is 17.7 Å². The predicted octanol–water partition coefficient (Wildman–Crippen LogP) is 3.89. The summed E-state index contributed by atoms with van der Waals surface area (Å²) >= 11 is 0. The van der Waals surface area contributed by atoms with Crippen LogP contribution in [0, 0.1) is 0 Å². The van der Waals surface area contributed by atoms with Gasteiger partial charge in [0.2, 0.25) is 5.78 Å². The van der Waals surface area contributed by atoms with Crippen molar-refractivity contribution in [1.82, 2.24) is 0 Å². The van der Waals surface area contributed by atoms with Crippen LogP contribution in [0.3, 0.4) is 0 Å². The number of fused-ring (bicyclic) bond motifs is 1. The van der Waals surface area contributed by atoms with Crippen LogP contribution < -0.4 is 13.8 Å². The Morgan fingerprint density at radius 1 is 0.943 bits per heavy atom. The second-order valence-corrected chi connectivity index (χ2v) is 9.77. The molecule has 0 aliphatic carbocycles. The highest BCUT2D eigenvalue weighted by Gasteiger charge is 2.29. The van der Waals surface area contributed by atoms with Gasteiger partial charge >= 0.3 is 5.97 Å². The number of carbonyl (C=O) groups excluding carboxylic acids is 2. The largest absolute Gasteiger partial charge is 0.497 e. The van der Waals surface area contributed by atoms with Crippen LogP contribution in [0.4, 0.5) is 5.69 Å². The number of methoxy groups -OCH3 is 2. The van der Waals surface area contributed by atoms with E-state index in [-0.39, 0.29) is 16.0 Å². The first-order chi connectivity index (χ1) is 16.8.